The zero-order chi connectivity index (χ0) is 21.1. The van der Waals surface area contributed by atoms with Crippen molar-refractivity contribution >= 4 is 17.3 Å². The number of rotatable bonds is 4. The Hall–Kier alpha value is -2.35. The number of carbonyl (C=O) groups is 1. The van der Waals surface area contributed by atoms with E-state index in [1.165, 1.54) is 19.9 Å². The van der Waals surface area contributed by atoms with Gasteiger partial charge in [0.25, 0.3) is 0 Å². The average molecular weight is 400 g/mol. The van der Waals surface area contributed by atoms with Gasteiger partial charge in [0, 0.05) is 12.1 Å². The van der Waals surface area contributed by atoms with E-state index in [0.29, 0.717) is 6.07 Å². The molecule has 152 valence electrons. The number of halogens is 3. The molecule has 2 aliphatic rings. The van der Waals surface area contributed by atoms with Crippen LogP contribution >= 0.6 is 0 Å². The van der Waals surface area contributed by atoms with Crippen molar-refractivity contribution in [1.82, 2.24) is 0 Å². The topological polar surface area (TPSA) is 103 Å². The summed E-state index contributed by atoms with van der Waals surface area (Å²) in [6.07, 6.45) is -7.34. The number of alkyl halides is 3. The van der Waals surface area contributed by atoms with Gasteiger partial charge in [-0.05, 0) is 26.0 Å². The Morgan fingerprint density at radius 2 is 2.07 bits per heavy atom. The number of carboxylic acids is 1. The van der Waals surface area contributed by atoms with Crippen molar-refractivity contribution in [1.29, 1.82) is 0 Å². The summed E-state index contributed by atoms with van der Waals surface area (Å²) in [4.78, 5) is 14.6. The number of carboxylic acid groups (broad SMARTS) is 1. The molecule has 0 radical (unpaired) electrons. The van der Waals surface area contributed by atoms with Crippen molar-refractivity contribution in [3.05, 3.63) is 35.2 Å². The maximum absolute atomic E-state index is 13.1. The summed E-state index contributed by atoms with van der Waals surface area (Å²) in [5, 5.41) is 33.1. The molecule has 3 unspecified atom stereocenters. The van der Waals surface area contributed by atoms with Crippen molar-refractivity contribution in [2.75, 3.05) is 5.32 Å². The largest absolute Gasteiger partial charge is 0.481 e. The van der Waals surface area contributed by atoms with E-state index >= 15 is 0 Å². The second-order valence-electron chi connectivity index (χ2n) is 7.59. The standard InChI is InChI=1S/C18H19F3N2O5/c1-16-7-11(24)17(2,28-16)12(13(16)15(26)27)14(25)23-8-4-5-10(22-3)9(6-8)18(19,20)21/h4-6,11-14,23-25H,7H2,1-2H3,(H,26,27)/t11-,12-,13+,14?,16?,17?/m0/s1. The van der Waals surface area contributed by atoms with Crippen LogP contribution in [-0.2, 0) is 15.7 Å². The number of anilines is 1. The van der Waals surface area contributed by atoms with Crippen LogP contribution in [0.15, 0.2) is 18.2 Å². The molecule has 2 bridgehead atoms. The first-order valence-corrected chi connectivity index (χ1v) is 8.48. The van der Waals surface area contributed by atoms with Crippen LogP contribution in [0.3, 0.4) is 0 Å². The first-order chi connectivity index (χ1) is 12.8. The molecular formula is C18H19F3N2O5. The molecule has 6 atom stereocenters. The van der Waals surface area contributed by atoms with Crippen molar-refractivity contribution in [2.24, 2.45) is 11.8 Å². The maximum Gasteiger partial charge on any atom is 0.407 e. The molecule has 2 aliphatic heterocycles. The Balaban J connectivity index is 1.94. The first-order valence-electron chi connectivity index (χ1n) is 8.48. The Bertz CT molecular complexity index is 855. The van der Waals surface area contributed by atoms with Crippen LogP contribution in [0.2, 0.25) is 0 Å². The van der Waals surface area contributed by atoms with Crippen molar-refractivity contribution in [2.45, 2.75) is 50.0 Å². The molecule has 0 amide bonds. The molecule has 1 aromatic rings. The summed E-state index contributed by atoms with van der Waals surface area (Å²) in [6.45, 7) is 9.86. The van der Waals surface area contributed by atoms with Gasteiger partial charge in [-0.25, -0.2) is 4.85 Å². The highest BCUT2D eigenvalue weighted by Gasteiger charge is 2.71. The van der Waals surface area contributed by atoms with Crippen LogP contribution in [0.25, 0.3) is 4.85 Å². The van der Waals surface area contributed by atoms with Crippen LogP contribution in [0, 0.1) is 18.4 Å². The van der Waals surface area contributed by atoms with Crippen LogP contribution in [0.5, 0.6) is 0 Å². The summed E-state index contributed by atoms with van der Waals surface area (Å²) >= 11 is 0. The highest BCUT2D eigenvalue weighted by molar-refractivity contribution is 5.73. The normalized spacial score (nSPS) is 35.4. The van der Waals surface area contributed by atoms with E-state index in [4.69, 9.17) is 11.3 Å². The van der Waals surface area contributed by atoms with Crippen molar-refractivity contribution < 1.29 is 38.0 Å². The fourth-order valence-electron chi connectivity index (χ4n) is 4.51. The zero-order valence-electron chi connectivity index (χ0n) is 15.0. The minimum atomic E-state index is -4.77. The fourth-order valence-corrected chi connectivity index (χ4v) is 4.51. The molecule has 0 spiro atoms. The smallest absolute Gasteiger partial charge is 0.407 e. The number of benzene rings is 1. The number of nitrogens with zero attached hydrogens (tertiary/aromatic N) is 1. The van der Waals surface area contributed by atoms with Crippen molar-refractivity contribution in [3.8, 4) is 0 Å². The van der Waals surface area contributed by atoms with Gasteiger partial charge in [-0.3, -0.25) is 4.79 Å². The van der Waals surface area contributed by atoms with E-state index in [-0.39, 0.29) is 12.1 Å². The van der Waals surface area contributed by atoms with Gasteiger partial charge in [-0.1, -0.05) is 6.07 Å². The van der Waals surface area contributed by atoms with Crippen molar-refractivity contribution in [3.63, 3.8) is 0 Å². The molecule has 4 N–H and O–H groups in total. The molecule has 0 saturated carbocycles. The summed E-state index contributed by atoms with van der Waals surface area (Å²) in [5.41, 5.74) is -4.49. The Morgan fingerprint density at radius 1 is 1.43 bits per heavy atom. The number of hydrogen-bond donors (Lipinski definition) is 4. The molecule has 10 heteroatoms. The number of aliphatic hydroxyl groups is 2. The van der Waals surface area contributed by atoms with E-state index in [2.05, 4.69) is 10.2 Å². The predicted octanol–water partition coefficient (Wildman–Crippen LogP) is 2.62. The van der Waals surface area contributed by atoms with E-state index in [9.17, 15) is 33.3 Å². The molecule has 2 fully saturated rings. The SMILES string of the molecule is [C-]#[N+]c1ccc(NC(O)[C@@H]2[C@H](C(=O)O)C3(C)C[C@H](O)C2(C)O3)cc1C(F)(F)F. The summed E-state index contributed by atoms with van der Waals surface area (Å²) < 4.78 is 45.2. The van der Waals surface area contributed by atoms with E-state index in [0.717, 1.165) is 6.07 Å². The number of fused-ring (bicyclic) bond motifs is 2. The molecule has 28 heavy (non-hydrogen) atoms. The Morgan fingerprint density at radius 3 is 2.61 bits per heavy atom. The minimum absolute atomic E-state index is 0.0710. The lowest BCUT2D eigenvalue weighted by atomic mass is 9.65. The van der Waals surface area contributed by atoms with E-state index in [1.807, 2.05) is 0 Å². The number of nitrogens with one attached hydrogen (secondary N) is 1. The van der Waals surface area contributed by atoms with Crippen LogP contribution < -0.4 is 5.32 Å². The fraction of sp³-hybridized carbons (Fsp3) is 0.556. The van der Waals surface area contributed by atoms with Gasteiger partial charge in [0.05, 0.1) is 35.7 Å². The number of aliphatic hydroxyl groups excluding tert-OH is 2. The average Bonchev–Trinajstić information content (AvgIpc) is 2.95. The lowest BCUT2D eigenvalue weighted by Gasteiger charge is -2.40. The van der Waals surface area contributed by atoms with Gasteiger partial charge < -0.3 is 25.4 Å². The minimum Gasteiger partial charge on any atom is -0.481 e. The quantitative estimate of drug-likeness (QED) is 0.458. The molecule has 0 aliphatic carbocycles. The Labute approximate surface area is 158 Å². The van der Waals surface area contributed by atoms with Gasteiger partial charge in [-0.15, -0.1) is 0 Å². The highest BCUT2D eigenvalue weighted by atomic mass is 19.4. The maximum atomic E-state index is 13.1. The number of hydrogen-bond acceptors (Lipinski definition) is 5. The summed E-state index contributed by atoms with van der Waals surface area (Å²) in [7, 11) is 0. The number of aliphatic carboxylic acids is 1. The second kappa shape index (κ2) is 6.34. The van der Waals surface area contributed by atoms with Crippen LogP contribution in [0.4, 0.5) is 24.5 Å². The molecule has 2 heterocycles. The molecule has 3 rings (SSSR count). The summed E-state index contributed by atoms with van der Waals surface area (Å²) in [6, 6.07) is 2.84. The van der Waals surface area contributed by atoms with Gasteiger partial charge in [-0.2, -0.15) is 13.2 Å². The molecule has 7 nitrogen and oxygen atoms in total. The Kier molecular flexibility index (Phi) is 4.61. The molecule has 1 aromatic carbocycles. The van der Waals surface area contributed by atoms with E-state index in [1.54, 1.807) is 0 Å². The van der Waals surface area contributed by atoms with Gasteiger partial charge in [0.1, 0.15) is 11.8 Å². The lowest BCUT2D eigenvalue weighted by Crippen LogP contribution is -2.56. The van der Waals surface area contributed by atoms with Crippen LogP contribution in [0.1, 0.15) is 25.8 Å². The third kappa shape index (κ3) is 2.99. The van der Waals surface area contributed by atoms with Gasteiger partial charge in [0.2, 0.25) is 0 Å². The van der Waals surface area contributed by atoms with Gasteiger partial charge in [0.15, 0.2) is 5.69 Å². The third-order valence-corrected chi connectivity index (χ3v) is 5.74. The zero-order valence-corrected chi connectivity index (χ0v) is 15.0. The monoisotopic (exact) mass is 400 g/mol. The highest BCUT2D eigenvalue weighted by Crippen LogP contribution is 2.58. The molecular weight excluding hydrogens is 381 g/mol. The van der Waals surface area contributed by atoms with E-state index < -0.39 is 58.8 Å². The first kappa shape index (κ1) is 20.4. The van der Waals surface area contributed by atoms with Crippen LogP contribution in [-0.4, -0.2) is 44.8 Å². The molecule has 0 aromatic heterocycles. The number of ether oxygens (including phenoxy) is 1. The predicted molar refractivity (Wildman–Crippen MR) is 90.5 cm³/mol. The molecule has 2 saturated heterocycles. The summed E-state index contributed by atoms with van der Waals surface area (Å²) in [5.74, 6) is -3.52. The van der Waals surface area contributed by atoms with Gasteiger partial charge >= 0.3 is 12.1 Å². The second-order valence-corrected chi connectivity index (χ2v) is 7.59. The lowest BCUT2D eigenvalue weighted by molar-refractivity contribution is -0.150. The third-order valence-electron chi connectivity index (χ3n) is 5.74.